The minimum Gasteiger partial charge on any atom is -0.317 e. The van der Waals surface area contributed by atoms with Crippen molar-refractivity contribution in [2.24, 2.45) is 5.10 Å². The second-order valence-electron chi connectivity index (χ2n) is 5.72. The SMILES string of the molecule is CCc1cccc(CC)c1NC(=O)C(=O)N/N=C\c1ccc(C)cc1. The van der Waals surface area contributed by atoms with Gasteiger partial charge in [-0.15, -0.1) is 0 Å². The highest BCUT2D eigenvalue weighted by Gasteiger charge is 2.16. The van der Waals surface area contributed by atoms with Gasteiger partial charge in [-0.05, 0) is 36.5 Å². The standard InChI is InChI=1S/C20H23N3O2/c1-4-16-7-6-8-17(5-2)18(16)22-19(24)20(25)23-21-13-15-11-9-14(3)10-12-15/h6-13H,4-5H2,1-3H3,(H,22,24)(H,23,25)/b21-13-. The monoisotopic (exact) mass is 337 g/mol. The van der Waals surface area contributed by atoms with Crippen LogP contribution in [-0.4, -0.2) is 18.0 Å². The number of anilines is 1. The summed E-state index contributed by atoms with van der Waals surface area (Å²) < 4.78 is 0. The molecule has 0 aliphatic rings. The van der Waals surface area contributed by atoms with Gasteiger partial charge >= 0.3 is 11.8 Å². The molecule has 0 unspecified atom stereocenters. The summed E-state index contributed by atoms with van der Waals surface area (Å²) in [5.74, 6) is -1.52. The zero-order chi connectivity index (χ0) is 18.2. The Labute approximate surface area is 148 Å². The molecular weight excluding hydrogens is 314 g/mol. The van der Waals surface area contributed by atoms with Crippen LogP contribution in [0.4, 0.5) is 5.69 Å². The second-order valence-corrected chi connectivity index (χ2v) is 5.72. The number of nitrogens with zero attached hydrogens (tertiary/aromatic N) is 1. The van der Waals surface area contributed by atoms with E-state index < -0.39 is 11.8 Å². The molecule has 0 spiro atoms. The molecule has 0 bridgehead atoms. The van der Waals surface area contributed by atoms with Gasteiger partial charge in [0.25, 0.3) is 0 Å². The largest absolute Gasteiger partial charge is 0.329 e. The fourth-order valence-electron chi connectivity index (χ4n) is 2.44. The number of hydrogen-bond donors (Lipinski definition) is 2. The summed E-state index contributed by atoms with van der Waals surface area (Å²) in [7, 11) is 0. The van der Waals surface area contributed by atoms with E-state index in [1.54, 1.807) is 0 Å². The Bertz CT molecular complexity index is 758. The number of hydrogen-bond acceptors (Lipinski definition) is 3. The van der Waals surface area contributed by atoms with Crippen molar-refractivity contribution in [2.45, 2.75) is 33.6 Å². The van der Waals surface area contributed by atoms with E-state index in [-0.39, 0.29) is 0 Å². The highest BCUT2D eigenvalue weighted by molar-refractivity contribution is 6.39. The minimum atomic E-state index is -0.795. The number of aryl methyl sites for hydroxylation is 3. The number of hydrazone groups is 1. The Hall–Kier alpha value is -2.95. The second kappa shape index (κ2) is 8.78. The summed E-state index contributed by atoms with van der Waals surface area (Å²) in [5.41, 5.74) is 6.97. The van der Waals surface area contributed by atoms with Crippen molar-refractivity contribution >= 4 is 23.7 Å². The predicted molar refractivity (Wildman–Crippen MR) is 101 cm³/mol. The molecule has 0 saturated heterocycles. The summed E-state index contributed by atoms with van der Waals surface area (Å²) in [5, 5.41) is 6.55. The molecule has 130 valence electrons. The van der Waals surface area contributed by atoms with Gasteiger partial charge in [0.05, 0.1) is 6.21 Å². The Kier molecular flexibility index (Phi) is 6.46. The average molecular weight is 337 g/mol. The molecule has 2 N–H and O–H groups in total. The van der Waals surface area contributed by atoms with E-state index >= 15 is 0 Å². The van der Waals surface area contributed by atoms with E-state index in [9.17, 15) is 9.59 Å². The van der Waals surface area contributed by atoms with Crippen molar-refractivity contribution < 1.29 is 9.59 Å². The molecule has 2 aromatic rings. The van der Waals surface area contributed by atoms with Crippen LogP contribution in [0.5, 0.6) is 0 Å². The maximum absolute atomic E-state index is 12.1. The van der Waals surface area contributed by atoms with Crippen molar-refractivity contribution in [2.75, 3.05) is 5.32 Å². The number of carbonyl (C=O) groups is 2. The highest BCUT2D eigenvalue weighted by atomic mass is 16.2. The van der Waals surface area contributed by atoms with Crippen LogP contribution in [0.25, 0.3) is 0 Å². The fourth-order valence-corrected chi connectivity index (χ4v) is 2.44. The van der Waals surface area contributed by atoms with Crippen LogP contribution in [-0.2, 0) is 22.4 Å². The molecule has 0 fully saturated rings. The topological polar surface area (TPSA) is 70.6 Å². The van der Waals surface area contributed by atoms with Gasteiger partial charge in [0.2, 0.25) is 0 Å². The van der Waals surface area contributed by atoms with Crippen LogP contribution >= 0.6 is 0 Å². The molecule has 0 aliphatic carbocycles. The molecule has 0 radical (unpaired) electrons. The molecule has 0 heterocycles. The van der Waals surface area contributed by atoms with E-state index in [4.69, 9.17) is 0 Å². The quantitative estimate of drug-likeness (QED) is 0.500. The lowest BCUT2D eigenvalue weighted by atomic mass is 10.0. The lowest BCUT2D eigenvalue weighted by Gasteiger charge is -2.13. The first-order valence-electron chi connectivity index (χ1n) is 8.37. The average Bonchev–Trinajstić information content (AvgIpc) is 2.63. The summed E-state index contributed by atoms with van der Waals surface area (Å²) in [4.78, 5) is 24.1. The van der Waals surface area contributed by atoms with Gasteiger partial charge < -0.3 is 5.32 Å². The van der Waals surface area contributed by atoms with Gasteiger partial charge in [-0.1, -0.05) is 61.9 Å². The van der Waals surface area contributed by atoms with E-state index in [1.165, 1.54) is 6.21 Å². The number of nitrogens with one attached hydrogen (secondary N) is 2. The summed E-state index contributed by atoms with van der Waals surface area (Å²) >= 11 is 0. The summed E-state index contributed by atoms with van der Waals surface area (Å²) in [6, 6.07) is 13.5. The normalized spacial score (nSPS) is 10.7. The molecule has 25 heavy (non-hydrogen) atoms. The fraction of sp³-hybridized carbons (Fsp3) is 0.250. The van der Waals surface area contributed by atoms with Crippen LogP contribution in [0.3, 0.4) is 0 Å². The van der Waals surface area contributed by atoms with E-state index in [2.05, 4.69) is 15.8 Å². The minimum absolute atomic E-state index is 0.718. The molecule has 0 atom stereocenters. The molecular formula is C20H23N3O2. The van der Waals surface area contributed by atoms with Crippen LogP contribution in [0, 0.1) is 6.92 Å². The van der Waals surface area contributed by atoms with Gasteiger partial charge in [-0.3, -0.25) is 9.59 Å². The van der Waals surface area contributed by atoms with Crippen LogP contribution in [0.15, 0.2) is 47.6 Å². The summed E-state index contributed by atoms with van der Waals surface area (Å²) in [6.07, 6.45) is 3.05. The number of carbonyl (C=O) groups excluding carboxylic acids is 2. The molecule has 0 saturated carbocycles. The maximum Gasteiger partial charge on any atom is 0.329 e. The number of benzene rings is 2. The Morgan fingerprint density at radius 3 is 2.12 bits per heavy atom. The molecule has 0 aliphatic heterocycles. The molecule has 2 amide bonds. The Morgan fingerprint density at radius 2 is 1.56 bits per heavy atom. The van der Waals surface area contributed by atoms with Crippen molar-refractivity contribution in [3.63, 3.8) is 0 Å². The number of rotatable bonds is 5. The molecule has 5 heteroatoms. The van der Waals surface area contributed by atoms with Crippen molar-refractivity contribution in [3.8, 4) is 0 Å². The maximum atomic E-state index is 12.1. The van der Waals surface area contributed by atoms with Crippen molar-refractivity contribution in [3.05, 3.63) is 64.7 Å². The van der Waals surface area contributed by atoms with Gasteiger partial charge in [0, 0.05) is 5.69 Å². The molecule has 2 rings (SSSR count). The van der Waals surface area contributed by atoms with Gasteiger partial charge in [-0.25, -0.2) is 5.43 Å². The lowest BCUT2D eigenvalue weighted by molar-refractivity contribution is -0.136. The first kappa shape index (κ1) is 18.4. The third kappa shape index (κ3) is 5.01. The van der Waals surface area contributed by atoms with E-state index in [0.29, 0.717) is 0 Å². The van der Waals surface area contributed by atoms with Gasteiger partial charge in [0.15, 0.2) is 0 Å². The lowest BCUT2D eigenvalue weighted by Crippen LogP contribution is -2.33. The molecule has 5 nitrogen and oxygen atoms in total. The molecule has 2 aromatic carbocycles. The zero-order valence-electron chi connectivity index (χ0n) is 14.8. The summed E-state index contributed by atoms with van der Waals surface area (Å²) in [6.45, 7) is 6.01. The third-order valence-corrected chi connectivity index (χ3v) is 3.90. The Morgan fingerprint density at radius 1 is 0.960 bits per heavy atom. The highest BCUT2D eigenvalue weighted by Crippen LogP contribution is 2.22. The van der Waals surface area contributed by atoms with Crippen LogP contribution in [0.2, 0.25) is 0 Å². The van der Waals surface area contributed by atoms with Crippen molar-refractivity contribution in [1.29, 1.82) is 0 Å². The van der Waals surface area contributed by atoms with E-state index in [1.807, 2.05) is 63.2 Å². The first-order chi connectivity index (χ1) is 12.0. The predicted octanol–water partition coefficient (Wildman–Crippen LogP) is 3.21. The Balaban J connectivity index is 2.01. The first-order valence-corrected chi connectivity index (χ1v) is 8.37. The van der Waals surface area contributed by atoms with E-state index in [0.717, 1.165) is 40.8 Å². The van der Waals surface area contributed by atoms with Gasteiger partial charge in [-0.2, -0.15) is 5.10 Å². The third-order valence-electron chi connectivity index (χ3n) is 3.90. The van der Waals surface area contributed by atoms with Crippen molar-refractivity contribution in [1.82, 2.24) is 5.43 Å². The smallest absolute Gasteiger partial charge is 0.317 e. The van der Waals surface area contributed by atoms with Crippen LogP contribution in [0.1, 0.15) is 36.1 Å². The number of amides is 2. The van der Waals surface area contributed by atoms with Gasteiger partial charge in [0.1, 0.15) is 0 Å². The zero-order valence-corrected chi connectivity index (χ0v) is 14.8. The molecule has 0 aromatic heterocycles. The number of para-hydroxylation sites is 1. The van der Waals surface area contributed by atoms with Crippen LogP contribution < -0.4 is 10.7 Å².